The van der Waals surface area contributed by atoms with Gasteiger partial charge in [-0.1, -0.05) is 12.1 Å². The fraction of sp³-hybridized carbons (Fsp3) is 0.450. The number of benzene rings is 1. The van der Waals surface area contributed by atoms with Crippen LogP contribution in [0.4, 0.5) is 0 Å². The first kappa shape index (κ1) is 17.7. The minimum absolute atomic E-state index is 0.0359. The van der Waals surface area contributed by atoms with Gasteiger partial charge in [0.05, 0.1) is 29.7 Å². The van der Waals surface area contributed by atoms with Gasteiger partial charge in [0.2, 0.25) is 5.91 Å². The molecule has 2 atom stereocenters. The molecule has 7 heteroatoms. The molecule has 2 fully saturated rings. The van der Waals surface area contributed by atoms with Gasteiger partial charge in [0, 0.05) is 32.4 Å². The maximum Gasteiger partial charge on any atom is 0.241 e. The minimum Gasteiger partial charge on any atom is -0.358 e. The number of nitrogens with one attached hydrogen (secondary N) is 1. The normalized spacial score (nSPS) is 22.3. The summed E-state index contributed by atoms with van der Waals surface area (Å²) < 4.78 is 7.71. The molecule has 2 aliphatic rings. The van der Waals surface area contributed by atoms with E-state index in [0.717, 1.165) is 43.7 Å². The van der Waals surface area contributed by atoms with Crippen molar-refractivity contribution in [2.75, 3.05) is 13.2 Å². The molecule has 27 heavy (non-hydrogen) atoms. The Balaban J connectivity index is 1.35. The summed E-state index contributed by atoms with van der Waals surface area (Å²) in [5.41, 5.74) is 2.79. The number of ether oxygens (including phenoxy) is 1. The van der Waals surface area contributed by atoms with Gasteiger partial charge < -0.3 is 19.5 Å². The Kier molecular flexibility index (Phi) is 5.19. The van der Waals surface area contributed by atoms with Gasteiger partial charge in [-0.25, -0.2) is 4.98 Å². The van der Waals surface area contributed by atoms with Crippen molar-refractivity contribution < 1.29 is 9.53 Å². The number of imidazole rings is 1. The van der Waals surface area contributed by atoms with Crippen LogP contribution in [0, 0.1) is 11.3 Å². The number of amides is 1. The second-order valence-electron chi connectivity index (χ2n) is 7.04. The first-order valence-corrected chi connectivity index (χ1v) is 9.38. The average molecular weight is 365 g/mol. The first-order chi connectivity index (χ1) is 13.2. The molecule has 7 nitrogen and oxygen atoms in total. The lowest BCUT2D eigenvalue weighted by Crippen LogP contribution is -2.42. The molecule has 0 saturated carbocycles. The molecule has 1 aromatic heterocycles. The number of nitrogens with zero attached hydrogens (tertiary/aromatic N) is 4. The molecular weight excluding hydrogens is 342 g/mol. The van der Waals surface area contributed by atoms with Crippen LogP contribution in [0.15, 0.2) is 36.8 Å². The zero-order chi connectivity index (χ0) is 18.6. The lowest BCUT2D eigenvalue weighted by molar-refractivity contribution is -0.138. The molecule has 3 heterocycles. The molecular formula is C20H23N5O2. The predicted molar refractivity (Wildman–Crippen MR) is 98.4 cm³/mol. The quantitative estimate of drug-likeness (QED) is 0.841. The minimum atomic E-state index is -0.160. The van der Waals surface area contributed by atoms with Crippen LogP contribution in [-0.4, -0.2) is 45.8 Å². The van der Waals surface area contributed by atoms with Gasteiger partial charge in [0.25, 0.3) is 0 Å². The highest BCUT2D eigenvalue weighted by Gasteiger charge is 2.37. The molecule has 2 aromatic rings. The van der Waals surface area contributed by atoms with Gasteiger partial charge in [-0.15, -0.1) is 0 Å². The Labute approximate surface area is 158 Å². The Morgan fingerprint density at radius 2 is 2.15 bits per heavy atom. The molecule has 1 unspecified atom stereocenters. The molecule has 2 saturated heterocycles. The van der Waals surface area contributed by atoms with E-state index in [4.69, 9.17) is 10.00 Å². The highest BCUT2D eigenvalue weighted by Crippen LogP contribution is 2.22. The third-order valence-electron chi connectivity index (χ3n) is 5.26. The predicted octanol–water partition coefficient (Wildman–Crippen LogP) is 1.63. The van der Waals surface area contributed by atoms with Crippen LogP contribution < -0.4 is 5.32 Å². The zero-order valence-electron chi connectivity index (χ0n) is 15.2. The highest BCUT2D eigenvalue weighted by molar-refractivity contribution is 5.84. The highest BCUT2D eigenvalue weighted by atomic mass is 16.5. The second kappa shape index (κ2) is 7.91. The van der Waals surface area contributed by atoms with Crippen molar-refractivity contribution in [1.29, 1.82) is 5.26 Å². The number of hydrogen-bond donors (Lipinski definition) is 1. The molecule has 4 rings (SSSR count). The van der Waals surface area contributed by atoms with Crippen molar-refractivity contribution in [3.05, 3.63) is 53.6 Å². The SMILES string of the molecule is N#Cc1ccc(Cn2cncc2CN[C@@H]2CCN(C3CCCO3)C2=O)cc1. The van der Waals surface area contributed by atoms with E-state index in [1.165, 1.54) is 0 Å². The number of likely N-dealkylation sites (tertiary alicyclic amines) is 1. The van der Waals surface area contributed by atoms with Gasteiger partial charge in [-0.2, -0.15) is 5.26 Å². The molecule has 0 spiro atoms. The van der Waals surface area contributed by atoms with Crippen LogP contribution in [-0.2, 0) is 22.6 Å². The summed E-state index contributed by atoms with van der Waals surface area (Å²) in [5.74, 6) is 0.139. The van der Waals surface area contributed by atoms with Crippen molar-refractivity contribution in [2.45, 2.75) is 44.6 Å². The van der Waals surface area contributed by atoms with Gasteiger partial charge in [-0.05, 0) is 37.0 Å². The van der Waals surface area contributed by atoms with Crippen molar-refractivity contribution in [1.82, 2.24) is 19.8 Å². The molecule has 2 aliphatic heterocycles. The molecule has 0 radical (unpaired) electrons. The van der Waals surface area contributed by atoms with Crippen molar-refractivity contribution in [3.8, 4) is 6.07 Å². The lowest BCUT2D eigenvalue weighted by atomic mass is 10.1. The van der Waals surface area contributed by atoms with E-state index in [-0.39, 0.29) is 18.2 Å². The molecule has 1 aromatic carbocycles. The monoisotopic (exact) mass is 365 g/mol. The molecule has 140 valence electrons. The van der Waals surface area contributed by atoms with E-state index in [1.54, 1.807) is 6.33 Å². The molecule has 1 amide bonds. The maximum absolute atomic E-state index is 12.6. The summed E-state index contributed by atoms with van der Waals surface area (Å²) in [5, 5.41) is 12.3. The first-order valence-electron chi connectivity index (χ1n) is 9.38. The van der Waals surface area contributed by atoms with Crippen LogP contribution >= 0.6 is 0 Å². The van der Waals surface area contributed by atoms with E-state index in [2.05, 4.69) is 20.9 Å². The number of carbonyl (C=O) groups is 1. The summed E-state index contributed by atoms with van der Waals surface area (Å²) in [4.78, 5) is 18.7. The molecule has 0 aliphatic carbocycles. The average Bonchev–Trinajstić information content (AvgIpc) is 3.43. The van der Waals surface area contributed by atoms with Crippen molar-refractivity contribution >= 4 is 5.91 Å². The Bertz CT molecular complexity index is 833. The topological polar surface area (TPSA) is 83.2 Å². The van der Waals surface area contributed by atoms with Crippen LogP contribution in [0.5, 0.6) is 0 Å². The van der Waals surface area contributed by atoms with Crippen LogP contribution in [0.3, 0.4) is 0 Å². The van der Waals surface area contributed by atoms with Crippen molar-refractivity contribution in [3.63, 3.8) is 0 Å². The Morgan fingerprint density at radius 1 is 1.30 bits per heavy atom. The number of aromatic nitrogens is 2. The van der Waals surface area contributed by atoms with E-state index in [9.17, 15) is 4.79 Å². The van der Waals surface area contributed by atoms with Crippen LogP contribution in [0.25, 0.3) is 0 Å². The van der Waals surface area contributed by atoms with E-state index >= 15 is 0 Å². The summed E-state index contributed by atoms with van der Waals surface area (Å²) in [6, 6.07) is 9.52. The van der Waals surface area contributed by atoms with Crippen LogP contribution in [0.1, 0.15) is 36.1 Å². The molecule has 0 bridgehead atoms. The fourth-order valence-electron chi connectivity index (χ4n) is 3.73. The third-order valence-corrected chi connectivity index (χ3v) is 5.26. The fourth-order valence-corrected chi connectivity index (χ4v) is 3.73. The standard InChI is InChI=1S/C20H23N5O2/c21-10-15-3-5-16(6-4-15)13-24-14-22-11-17(24)12-23-18-7-8-25(20(18)26)19-2-1-9-27-19/h3-6,11,14,18-19,23H,1-2,7-9,12-13H2/t18-,19?/m1/s1. The van der Waals surface area contributed by atoms with Gasteiger partial charge in [0.15, 0.2) is 0 Å². The second-order valence-corrected chi connectivity index (χ2v) is 7.04. The van der Waals surface area contributed by atoms with E-state index in [1.807, 2.05) is 35.4 Å². The van der Waals surface area contributed by atoms with Gasteiger partial charge >= 0.3 is 0 Å². The van der Waals surface area contributed by atoms with Crippen molar-refractivity contribution in [2.24, 2.45) is 0 Å². The largest absolute Gasteiger partial charge is 0.358 e. The van der Waals surface area contributed by atoms with Gasteiger partial charge in [0.1, 0.15) is 6.23 Å². The number of nitriles is 1. The summed E-state index contributed by atoms with van der Waals surface area (Å²) in [6.07, 6.45) is 6.36. The summed E-state index contributed by atoms with van der Waals surface area (Å²) in [7, 11) is 0. The lowest BCUT2D eigenvalue weighted by Gasteiger charge is -2.23. The summed E-state index contributed by atoms with van der Waals surface area (Å²) >= 11 is 0. The Morgan fingerprint density at radius 3 is 2.89 bits per heavy atom. The number of carbonyl (C=O) groups excluding carboxylic acids is 1. The smallest absolute Gasteiger partial charge is 0.241 e. The number of rotatable bonds is 6. The van der Waals surface area contributed by atoms with Crippen LogP contribution in [0.2, 0.25) is 0 Å². The molecule has 1 N–H and O–H groups in total. The van der Waals surface area contributed by atoms with E-state index in [0.29, 0.717) is 18.7 Å². The Hall–Kier alpha value is -2.69. The summed E-state index contributed by atoms with van der Waals surface area (Å²) in [6.45, 7) is 2.78. The maximum atomic E-state index is 12.6. The third kappa shape index (κ3) is 3.87. The van der Waals surface area contributed by atoms with Gasteiger partial charge in [-0.3, -0.25) is 4.79 Å². The zero-order valence-corrected chi connectivity index (χ0v) is 15.2. The van der Waals surface area contributed by atoms with E-state index < -0.39 is 0 Å². The number of hydrogen-bond acceptors (Lipinski definition) is 5.